The van der Waals surface area contributed by atoms with Gasteiger partial charge in [0.15, 0.2) is 0 Å². The molecule has 0 heterocycles. The van der Waals surface area contributed by atoms with E-state index in [9.17, 15) is 4.79 Å². The Labute approximate surface area is 103 Å². The molecule has 0 aliphatic heterocycles. The summed E-state index contributed by atoms with van der Waals surface area (Å²) in [6.45, 7) is 4.27. The van der Waals surface area contributed by atoms with Gasteiger partial charge in [0.2, 0.25) is 0 Å². The van der Waals surface area contributed by atoms with Gasteiger partial charge in [0.25, 0.3) is 0 Å². The zero-order valence-corrected chi connectivity index (χ0v) is 10.6. The predicted molar refractivity (Wildman–Crippen MR) is 67.8 cm³/mol. The Balaban J connectivity index is 2.27. The number of hydrogen-bond acceptors (Lipinski definition) is 2. The molecule has 2 nitrogen and oxygen atoms in total. The summed E-state index contributed by atoms with van der Waals surface area (Å²) in [7, 11) is 0. The maximum atomic E-state index is 11.1. The summed E-state index contributed by atoms with van der Waals surface area (Å²) in [5.41, 5.74) is 1.35. The van der Waals surface area contributed by atoms with Crippen molar-refractivity contribution in [1.82, 2.24) is 0 Å². The molecule has 0 radical (unpaired) electrons. The number of ether oxygens (including phenoxy) is 1. The van der Waals surface area contributed by atoms with Crippen molar-refractivity contribution in [2.75, 3.05) is 6.61 Å². The Morgan fingerprint density at radius 1 is 1.41 bits per heavy atom. The van der Waals surface area contributed by atoms with Crippen LogP contribution >= 0.6 is 0 Å². The summed E-state index contributed by atoms with van der Waals surface area (Å²) in [4.78, 5) is 11.1. The highest BCUT2D eigenvalue weighted by molar-refractivity contribution is 5.66. The fourth-order valence-electron chi connectivity index (χ4n) is 2.97. The third-order valence-corrected chi connectivity index (χ3v) is 4.09. The van der Waals surface area contributed by atoms with Gasteiger partial charge in [-0.3, -0.25) is 4.79 Å². The van der Waals surface area contributed by atoms with Gasteiger partial charge in [-0.05, 0) is 24.3 Å². The lowest BCUT2D eigenvalue weighted by Crippen LogP contribution is -2.35. The highest BCUT2D eigenvalue weighted by Crippen LogP contribution is 2.45. The van der Waals surface area contributed by atoms with Gasteiger partial charge in [-0.1, -0.05) is 43.7 Å². The zero-order chi connectivity index (χ0) is 12.3. The highest BCUT2D eigenvalue weighted by atomic mass is 16.5. The SMILES string of the molecule is CC(=O)OC[C@@]1(c2ccccc2)CCC[C@H]1C. The summed E-state index contributed by atoms with van der Waals surface area (Å²) in [5, 5.41) is 0. The van der Waals surface area contributed by atoms with Crippen LogP contribution in [-0.2, 0) is 14.9 Å². The van der Waals surface area contributed by atoms with Crippen molar-refractivity contribution in [2.45, 2.75) is 38.5 Å². The molecular weight excluding hydrogens is 212 g/mol. The van der Waals surface area contributed by atoms with Crippen LogP contribution in [0.2, 0.25) is 0 Å². The van der Waals surface area contributed by atoms with E-state index in [0.717, 1.165) is 6.42 Å². The summed E-state index contributed by atoms with van der Waals surface area (Å²) >= 11 is 0. The van der Waals surface area contributed by atoms with Crippen LogP contribution in [0.15, 0.2) is 30.3 Å². The van der Waals surface area contributed by atoms with E-state index in [0.29, 0.717) is 12.5 Å². The second kappa shape index (κ2) is 4.91. The molecule has 0 spiro atoms. The van der Waals surface area contributed by atoms with Crippen molar-refractivity contribution in [3.05, 3.63) is 35.9 Å². The smallest absolute Gasteiger partial charge is 0.302 e. The Bertz CT molecular complexity index is 385. The maximum Gasteiger partial charge on any atom is 0.302 e. The molecule has 2 atom stereocenters. The van der Waals surface area contributed by atoms with Gasteiger partial charge in [0.1, 0.15) is 6.61 Å². The van der Waals surface area contributed by atoms with Gasteiger partial charge in [-0.2, -0.15) is 0 Å². The monoisotopic (exact) mass is 232 g/mol. The number of carbonyl (C=O) groups is 1. The summed E-state index contributed by atoms with van der Waals surface area (Å²) in [5.74, 6) is 0.392. The Kier molecular flexibility index (Phi) is 3.51. The molecule has 1 saturated carbocycles. The van der Waals surface area contributed by atoms with Gasteiger partial charge in [0.05, 0.1) is 0 Å². The fourth-order valence-corrected chi connectivity index (χ4v) is 2.97. The van der Waals surface area contributed by atoms with Crippen LogP contribution in [0, 0.1) is 5.92 Å². The van der Waals surface area contributed by atoms with E-state index < -0.39 is 0 Å². The van der Waals surface area contributed by atoms with Crippen LogP contribution < -0.4 is 0 Å². The molecule has 1 fully saturated rings. The largest absolute Gasteiger partial charge is 0.465 e. The fraction of sp³-hybridized carbons (Fsp3) is 0.533. The van der Waals surface area contributed by atoms with Crippen LogP contribution in [0.1, 0.15) is 38.7 Å². The third kappa shape index (κ3) is 2.36. The van der Waals surface area contributed by atoms with E-state index in [2.05, 4.69) is 31.2 Å². The van der Waals surface area contributed by atoms with E-state index in [1.807, 2.05) is 6.07 Å². The molecule has 1 aliphatic carbocycles. The standard InChI is InChI=1S/C15H20O2/c1-12-7-6-10-15(12,11-17-13(2)16)14-8-4-3-5-9-14/h3-5,8-9,12H,6-7,10-11H2,1-2H3/t12-,15+/m1/s1. The van der Waals surface area contributed by atoms with Crippen molar-refractivity contribution in [3.8, 4) is 0 Å². The quantitative estimate of drug-likeness (QED) is 0.747. The van der Waals surface area contributed by atoms with Crippen molar-refractivity contribution in [1.29, 1.82) is 0 Å². The topological polar surface area (TPSA) is 26.3 Å². The summed E-state index contributed by atoms with van der Waals surface area (Å²) < 4.78 is 5.32. The molecule has 1 aromatic rings. The molecule has 0 saturated heterocycles. The number of esters is 1. The predicted octanol–water partition coefficient (Wildman–Crippen LogP) is 3.31. The Hall–Kier alpha value is -1.31. The van der Waals surface area contributed by atoms with Gasteiger partial charge < -0.3 is 4.74 Å². The molecule has 0 amide bonds. The summed E-state index contributed by atoms with van der Waals surface area (Å²) in [6.07, 6.45) is 3.55. The lowest BCUT2D eigenvalue weighted by atomic mass is 9.73. The van der Waals surface area contributed by atoms with Crippen LogP contribution in [0.5, 0.6) is 0 Å². The lowest BCUT2D eigenvalue weighted by molar-refractivity contribution is -0.143. The minimum atomic E-state index is -0.181. The van der Waals surface area contributed by atoms with Crippen molar-refractivity contribution in [3.63, 3.8) is 0 Å². The molecule has 0 unspecified atom stereocenters. The third-order valence-electron chi connectivity index (χ3n) is 4.09. The first kappa shape index (κ1) is 12.2. The average Bonchev–Trinajstić information content (AvgIpc) is 2.70. The molecular formula is C15H20O2. The molecule has 2 heteroatoms. The van der Waals surface area contributed by atoms with Gasteiger partial charge in [-0.25, -0.2) is 0 Å². The van der Waals surface area contributed by atoms with E-state index in [4.69, 9.17) is 4.74 Å². The van der Waals surface area contributed by atoms with Crippen LogP contribution in [0.25, 0.3) is 0 Å². The van der Waals surface area contributed by atoms with Gasteiger partial charge in [0, 0.05) is 12.3 Å². The van der Waals surface area contributed by atoms with Crippen LogP contribution in [0.3, 0.4) is 0 Å². The first-order valence-corrected chi connectivity index (χ1v) is 6.34. The number of benzene rings is 1. The second-order valence-electron chi connectivity index (χ2n) is 5.10. The van der Waals surface area contributed by atoms with Gasteiger partial charge >= 0.3 is 5.97 Å². The van der Waals surface area contributed by atoms with Crippen molar-refractivity contribution in [2.24, 2.45) is 5.92 Å². The zero-order valence-electron chi connectivity index (χ0n) is 10.6. The minimum absolute atomic E-state index is 0.0347. The molecule has 1 aromatic carbocycles. The maximum absolute atomic E-state index is 11.1. The normalized spacial score (nSPS) is 28.0. The Morgan fingerprint density at radius 2 is 2.12 bits per heavy atom. The summed E-state index contributed by atoms with van der Waals surface area (Å²) in [6, 6.07) is 10.5. The van der Waals surface area contributed by atoms with Crippen molar-refractivity contribution >= 4 is 5.97 Å². The molecule has 1 aliphatic rings. The first-order valence-electron chi connectivity index (χ1n) is 6.34. The number of hydrogen-bond donors (Lipinski definition) is 0. The lowest BCUT2D eigenvalue weighted by Gasteiger charge is -2.33. The molecule has 2 rings (SSSR count). The highest BCUT2D eigenvalue weighted by Gasteiger charge is 2.42. The molecule has 17 heavy (non-hydrogen) atoms. The van der Waals surface area contributed by atoms with E-state index in [1.54, 1.807) is 0 Å². The van der Waals surface area contributed by atoms with Crippen molar-refractivity contribution < 1.29 is 9.53 Å². The second-order valence-corrected chi connectivity index (χ2v) is 5.10. The number of rotatable bonds is 3. The van der Waals surface area contributed by atoms with E-state index in [1.165, 1.54) is 25.3 Å². The Morgan fingerprint density at radius 3 is 2.65 bits per heavy atom. The molecule has 0 N–H and O–H groups in total. The van der Waals surface area contributed by atoms with Gasteiger partial charge in [-0.15, -0.1) is 0 Å². The van der Waals surface area contributed by atoms with E-state index >= 15 is 0 Å². The first-order chi connectivity index (χ1) is 8.15. The van der Waals surface area contributed by atoms with Crippen LogP contribution in [-0.4, -0.2) is 12.6 Å². The molecule has 0 aromatic heterocycles. The minimum Gasteiger partial charge on any atom is -0.465 e. The molecule has 92 valence electrons. The molecule has 0 bridgehead atoms. The average molecular weight is 232 g/mol. The van der Waals surface area contributed by atoms with E-state index in [-0.39, 0.29) is 11.4 Å². The van der Waals surface area contributed by atoms with Crippen LogP contribution in [0.4, 0.5) is 0 Å². The number of carbonyl (C=O) groups excluding carboxylic acids is 1.